The first-order chi connectivity index (χ1) is 10.1. The van der Waals surface area contributed by atoms with Gasteiger partial charge in [0.05, 0.1) is 7.11 Å². The Morgan fingerprint density at radius 1 is 1.24 bits per heavy atom. The number of nitrogens with one attached hydrogen (secondary N) is 1. The predicted octanol–water partition coefficient (Wildman–Crippen LogP) is 1.62. The van der Waals surface area contributed by atoms with Crippen LogP contribution in [0, 0.1) is 0 Å². The molecule has 5 heteroatoms. The molecule has 21 heavy (non-hydrogen) atoms. The molecule has 0 saturated carbocycles. The van der Waals surface area contributed by atoms with Gasteiger partial charge in [-0.2, -0.15) is 0 Å². The van der Waals surface area contributed by atoms with Gasteiger partial charge in [-0.15, -0.1) is 0 Å². The van der Waals surface area contributed by atoms with Crippen LogP contribution in [0.2, 0.25) is 0 Å². The lowest BCUT2D eigenvalue weighted by molar-refractivity contribution is -0.145. The molecule has 0 aromatic heterocycles. The fourth-order valence-electron chi connectivity index (χ4n) is 2.54. The number of rotatable bonds is 5. The number of esters is 1. The van der Waals surface area contributed by atoms with Gasteiger partial charge in [0, 0.05) is 6.92 Å². The zero-order valence-corrected chi connectivity index (χ0v) is 12.5. The largest absolute Gasteiger partial charge is 0.491 e. The van der Waals surface area contributed by atoms with E-state index in [1.54, 1.807) is 0 Å². The molecule has 1 aromatic rings. The lowest BCUT2D eigenvalue weighted by Crippen LogP contribution is -2.44. The number of hydrogen-bond acceptors (Lipinski definition) is 4. The fourth-order valence-corrected chi connectivity index (χ4v) is 2.54. The molecule has 1 N–H and O–H groups in total. The Morgan fingerprint density at radius 3 is 2.62 bits per heavy atom. The highest BCUT2D eigenvalue weighted by Gasteiger charge is 2.21. The molecule has 1 aliphatic carbocycles. The number of aryl methyl sites for hydroxylation is 2. The first-order valence-electron chi connectivity index (χ1n) is 7.19. The van der Waals surface area contributed by atoms with Crippen LogP contribution in [0.25, 0.3) is 0 Å². The quantitative estimate of drug-likeness (QED) is 0.837. The van der Waals surface area contributed by atoms with E-state index in [-0.39, 0.29) is 12.5 Å². The van der Waals surface area contributed by atoms with Gasteiger partial charge in [-0.25, -0.2) is 4.79 Å². The Kier molecular flexibility index (Phi) is 5.20. The van der Waals surface area contributed by atoms with Gasteiger partial charge >= 0.3 is 5.97 Å². The Morgan fingerprint density at radius 2 is 1.95 bits per heavy atom. The van der Waals surface area contributed by atoms with Gasteiger partial charge in [0.15, 0.2) is 6.04 Å². The predicted molar refractivity (Wildman–Crippen MR) is 78.2 cm³/mol. The Hall–Kier alpha value is -2.04. The van der Waals surface area contributed by atoms with Crippen molar-refractivity contribution in [3.63, 3.8) is 0 Å². The standard InChI is InChI=1S/C16H21NO4/c1-11(18)17-15(16(19)20-2)10-21-14-8-7-12-5-3-4-6-13(12)9-14/h7-9,15H,3-6,10H2,1-2H3,(H,17,18). The van der Waals surface area contributed by atoms with Crippen molar-refractivity contribution in [2.24, 2.45) is 0 Å². The number of carbonyl (C=O) groups is 2. The second-order valence-electron chi connectivity index (χ2n) is 5.22. The summed E-state index contributed by atoms with van der Waals surface area (Å²) >= 11 is 0. The van der Waals surface area contributed by atoms with Crippen molar-refractivity contribution >= 4 is 11.9 Å². The van der Waals surface area contributed by atoms with Crippen molar-refractivity contribution in [2.45, 2.75) is 38.6 Å². The first kappa shape index (κ1) is 15.4. The molecule has 1 unspecified atom stereocenters. The van der Waals surface area contributed by atoms with Gasteiger partial charge in [0.2, 0.25) is 5.91 Å². The maximum Gasteiger partial charge on any atom is 0.331 e. The molecule has 5 nitrogen and oxygen atoms in total. The molecule has 0 aliphatic heterocycles. The first-order valence-corrected chi connectivity index (χ1v) is 7.19. The maximum absolute atomic E-state index is 11.6. The average Bonchev–Trinajstić information content (AvgIpc) is 2.50. The molecule has 114 valence electrons. The van der Waals surface area contributed by atoms with E-state index in [0.29, 0.717) is 0 Å². The minimum Gasteiger partial charge on any atom is -0.491 e. The van der Waals surface area contributed by atoms with E-state index < -0.39 is 12.0 Å². The van der Waals surface area contributed by atoms with E-state index in [0.717, 1.165) is 18.6 Å². The van der Waals surface area contributed by atoms with Crippen LogP contribution in [-0.2, 0) is 27.2 Å². The van der Waals surface area contributed by atoms with E-state index in [9.17, 15) is 9.59 Å². The molecule has 0 radical (unpaired) electrons. The normalized spacial score (nSPS) is 14.8. The molecule has 0 saturated heterocycles. The lowest BCUT2D eigenvalue weighted by atomic mass is 9.92. The maximum atomic E-state index is 11.6. The summed E-state index contributed by atoms with van der Waals surface area (Å²) in [4.78, 5) is 22.7. The van der Waals surface area contributed by atoms with Crippen molar-refractivity contribution in [3.05, 3.63) is 29.3 Å². The number of ether oxygens (including phenoxy) is 2. The van der Waals surface area contributed by atoms with E-state index in [1.165, 1.54) is 38.0 Å². The molecule has 0 fully saturated rings. The number of carbonyl (C=O) groups excluding carboxylic acids is 2. The summed E-state index contributed by atoms with van der Waals surface area (Å²) in [6.07, 6.45) is 4.62. The second-order valence-corrected chi connectivity index (χ2v) is 5.22. The van der Waals surface area contributed by atoms with E-state index in [2.05, 4.69) is 16.1 Å². The van der Waals surface area contributed by atoms with Crippen LogP contribution in [-0.4, -0.2) is 31.6 Å². The second kappa shape index (κ2) is 7.11. The number of amides is 1. The topological polar surface area (TPSA) is 64.6 Å². The monoisotopic (exact) mass is 291 g/mol. The molecule has 0 heterocycles. The van der Waals surface area contributed by atoms with Crippen molar-refractivity contribution < 1.29 is 19.1 Å². The third kappa shape index (κ3) is 4.21. The molecular weight excluding hydrogens is 270 g/mol. The van der Waals surface area contributed by atoms with E-state index >= 15 is 0 Å². The Labute approximate surface area is 124 Å². The van der Waals surface area contributed by atoms with Crippen molar-refractivity contribution in [3.8, 4) is 5.75 Å². The molecule has 0 bridgehead atoms. The van der Waals surface area contributed by atoms with Gasteiger partial charge in [-0.1, -0.05) is 6.07 Å². The van der Waals surface area contributed by atoms with Gasteiger partial charge in [-0.05, 0) is 48.9 Å². The highest BCUT2D eigenvalue weighted by molar-refractivity contribution is 5.83. The molecule has 1 amide bonds. The van der Waals surface area contributed by atoms with Gasteiger partial charge in [0.25, 0.3) is 0 Å². The summed E-state index contributed by atoms with van der Waals surface area (Å²) in [7, 11) is 1.29. The minimum absolute atomic E-state index is 0.0606. The average molecular weight is 291 g/mol. The molecular formula is C16H21NO4. The Bertz CT molecular complexity index is 527. The zero-order chi connectivity index (χ0) is 15.2. The number of fused-ring (bicyclic) bond motifs is 1. The molecule has 1 atom stereocenters. The van der Waals surface area contributed by atoms with Crippen LogP contribution in [0.5, 0.6) is 5.75 Å². The number of methoxy groups -OCH3 is 1. The third-order valence-electron chi connectivity index (χ3n) is 3.60. The summed E-state index contributed by atoms with van der Waals surface area (Å²) in [5, 5.41) is 2.52. The number of hydrogen-bond donors (Lipinski definition) is 1. The van der Waals surface area contributed by atoms with Crippen LogP contribution in [0.3, 0.4) is 0 Å². The molecule has 1 aliphatic rings. The van der Waals surface area contributed by atoms with Crippen molar-refractivity contribution in [1.82, 2.24) is 5.32 Å². The fraction of sp³-hybridized carbons (Fsp3) is 0.500. The van der Waals surface area contributed by atoms with E-state index in [4.69, 9.17) is 4.74 Å². The van der Waals surface area contributed by atoms with Crippen molar-refractivity contribution in [1.29, 1.82) is 0 Å². The summed E-state index contributed by atoms with van der Waals surface area (Å²) in [5.74, 6) is -0.0856. The van der Waals surface area contributed by atoms with Crippen LogP contribution >= 0.6 is 0 Å². The van der Waals surface area contributed by atoms with E-state index in [1.807, 2.05) is 12.1 Å². The Balaban J connectivity index is 1.99. The zero-order valence-electron chi connectivity index (χ0n) is 12.5. The summed E-state index contributed by atoms with van der Waals surface area (Å²) < 4.78 is 10.3. The van der Waals surface area contributed by atoms with Crippen LogP contribution in [0.4, 0.5) is 0 Å². The summed E-state index contributed by atoms with van der Waals surface area (Å²) in [6, 6.07) is 5.22. The highest BCUT2D eigenvalue weighted by atomic mass is 16.5. The van der Waals surface area contributed by atoms with Gasteiger partial charge < -0.3 is 14.8 Å². The summed E-state index contributed by atoms with van der Waals surface area (Å²) in [5.41, 5.74) is 2.69. The lowest BCUT2D eigenvalue weighted by Gasteiger charge is -2.19. The molecule has 0 spiro atoms. The van der Waals surface area contributed by atoms with Gasteiger partial charge in [-0.3, -0.25) is 4.79 Å². The summed E-state index contributed by atoms with van der Waals surface area (Å²) in [6.45, 7) is 1.42. The van der Waals surface area contributed by atoms with Gasteiger partial charge in [0.1, 0.15) is 12.4 Å². The number of benzene rings is 1. The smallest absolute Gasteiger partial charge is 0.331 e. The van der Waals surface area contributed by atoms with Crippen LogP contribution < -0.4 is 10.1 Å². The minimum atomic E-state index is -0.788. The SMILES string of the molecule is COC(=O)C(COc1ccc2c(c1)CCCC2)NC(C)=O. The van der Waals surface area contributed by atoms with Crippen LogP contribution in [0.15, 0.2) is 18.2 Å². The molecule has 1 aromatic carbocycles. The van der Waals surface area contributed by atoms with Crippen molar-refractivity contribution in [2.75, 3.05) is 13.7 Å². The van der Waals surface area contributed by atoms with Crippen LogP contribution in [0.1, 0.15) is 30.9 Å². The highest BCUT2D eigenvalue weighted by Crippen LogP contribution is 2.25. The third-order valence-corrected chi connectivity index (χ3v) is 3.60. The molecule has 2 rings (SSSR count).